The highest BCUT2D eigenvalue weighted by atomic mass is 32.2. The number of carbonyl (C=O) groups excluding carboxylic acids is 1. The lowest BCUT2D eigenvalue weighted by molar-refractivity contribution is -0.113. The van der Waals surface area contributed by atoms with Crippen molar-refractivity contribution in [2.45, 2.75) is 32.5 Å². The van der Waals surface area contributed by atoms with Crippen LogP contribution in [0.15, 0.2) is 59.8 Å². The Hall–Kier alpha value is -2.60. The molecular weight excluding hydrogens is 356 g/mol. The average molecular weight is 381 g/mol. The Bertz CT molecular complexity index is 888. The van der Waals surface area contributed by atoms with E-state index in [9.17, 15) is 4.79 Å². The number of amides is 1. The van der Waals surface area contributed by atoms with Gasteiger partial charge in [-0.25, -0.2) is 0 Å². The van der Waals surface area contributed by atoms with Crippen molar-refractivity contribution in [1.29, 1.82) is 0 Å². The summed E-state index contributed by atoms with van der Waals surface area (Å²) in [6, 6.07) is 17.8. The summed E-state index contributed by atoms with van der Waals surface area (Å²) in [7, 11) is 0. The van der Waals surface area contributed by atoms with Gasteiger partial charge in [0, 0.05) is 17.8 Å². The number of nitrogens with one attached hydrogen (secondary N) is 1. The first-order valence-electron chi connectivity index (χ1n) is 9.01. The maximum Gasteiger partial charge on any atom is 0.234 e. The second-order valence-electron chi connectivity index (χ2n) is 6.88. The minimum absolute atomic E-state index is 0.0517. The molecule has 3 rings (SSSR count). The molecule has 0 atom stereocenters. The number of hydrogen-bond acceptors (Lipinski definition) is 4. The summed E-state index contributed by atoms with van der Waals surface area (Å²) in [6.45, 7) is 7.15. The summed E-state index contributed by atoms with van der Waals surface area (Å²) in [6.07, 6.45) is 0. The quantitative estimate of drug-likeness (QED) is 0.607. The molecule has 0 saturated heterocycles. The highest BCUT2D eigenvalue weighted by Crippen LogP contribution is 2.25. The topological polar surface area (TPSA) is 59.8 Å². The standard InChI is InChI=1S/C21H24N4OS/c1-15(2)13-25-20(17-7-5-4-6-8-17)23-24-21(25)27-14-19(26)22-18-11-9-16(3)10-12-18/h4-12,15H,13-14H2,1-3H3,(H,22,26). The molecule has 1 heterocycles. The van der Waals surface area contributed by atoms with E-state index in [-0.39, 0.29) is 5.91 Å². The molecule has 1 amide bonds. The van der Waals surface area contributed by atoms with Crippen molar-refractivity contribution in [3.63, 3.8) is 0 Å². The molecule has 1 N–H and O–H groups in total. The van der Waals surface area contributed by atoms with E-state index in [0.29, 0.717) is 11.7 Å². The lowest BCUT2D eigenvalue weighted by atomic mass is 10.2. The van der Waals surface area contributed by atoms with Crippen molar-refractivity contribution >= 4 is 23.4 Å². The molecule has 0 aliphatic heterocycles. The van der Waals surface area contributed by atoms with Crippen LogP contribution in [0.25, 0.3) is 11.4 Å². The first kappa shape index (κ1) is 19.2. The van der Waals surface area contributed by atoms with Gasteiger partial charge in [0.2, 0.25) is 5.91 Å². The molecular formula is C21H24N4OS. The lowest BCUT2D eigenvalue weighted by Crippen LogP contribution is -2.15. The molecule has 0 spiro atoms. The van der Waals surface area contributed by atoms with Crippen molar-refractivity contribution < 1.29 is 4.79 Å². The Morgan fingerprint density at radius 1 is 1.07 bits per heavy atom. The predicted molar refractivity (Wildman–Crippen MR) is 111 cm³/mol. The second-order valence-corrected chi connectivity index (χ2v) is 7.82. The van der Waals surface area contributed by atoms with Crippen molar-refractivity contribution in [3.8, 4) is 11.4 Å². The van der Waals surface area contributed by atoms with E-state index in [1.54, 1.807) is 0 Å². The number of benzene rings is 2. The summed E-state index contributed by atoms with van der Waals surface area (Å²) in [5.41, 5.74) is 3.00. The molecule has 0 radical (unpaired) electrons. The molecule has 3 aromatic rings. The molecule has 0 bridgehead atoms. The number of aryl methyl sites for hydroxylation is 1. The fraction of sp³-hybridized carbons (Fsp3) is 0.286. The number of hydrogen-bond donors (Lipinski definition) is 1. The fourth-order valence-electron chi connectivity index (χ4n) is 2.69. The van der Waals surface area contributed by atoms with E-state index < -0.39 is 0 Å². The third-order valence-corrected chi connectivity index (χ3v) is 4.93. The maximum absolute atomic E-state index is 12.3. The van der Waals surface area contributed by atoms with E-state index in [4.69, 9.17) is 0 Å². The minimum atomic E-state index is -0.0517. The van der Waals surface area contributed by atoms with Gasteiger partial charge in [-0.1, -0.05) is 73.6 Å². The molecule has 27 heavy (non-hydrogen) atoms. The molecule has 1 aromatic heterocycles. The molecule has 0 aliphatic carbocycles. The summed E-state index contributed by atoms with van der Waals surface area (Å²) in [5, 5.41) is 12.4. The van der Waals surface area contributed by atoms with Crippen LogP contribution in [-0.2, 0) is 11.3 Å². The van der Waals surface area contributed by atoms with Gasteiger partial charge in [-0.05, 0) is 25.0 Å². The van der Waals surface area contributed by atoms with Crippen molar-refractivity contribution in [3.05, 3.63) is 60.2 Å². The van der Waals surface area contributed by atoms with E-state index >= 15 is 0 Å². The zero-order valence-corrected chi connectivity index (χ0v) is 16.7. The molecule has 0 fully saturated rings. The first-order valence-corrected chi connectivity index (χ1v) is 9.99. The zero-order chi connectivity index (χ0) is 19.2. The van der Waals surface area contributed by atoms with Gasteiger partial charge in [0.05, 0.1) is 5.75 Å². The minimum Gasteiger partial charge on any atom is -0.325 e. The number of nitrogens with zero attached hydrogens (tertiary/aromatic N) is 3. The Balaban J connectivity index is 1.71. The van der Waals surface area contributed by atoms with Gasteiger partial charge in [-0.2, -0.15) is 0 Å². The monoisotopic (exact) mass is 380 g/mol. The predicted octanol–water partition coefficient (Wildman–Crippen LogP) is 4.64. The molecule has 0 unspecified atom stereocenters. The Morgan fingerprint density at radius 3 is 2.44 bits per heavy atom. The van der Waals surface area contributed by atoms with Crippen molar-refractivity contribution in [2.75, 3.05) is 11.1 Å². The van der Waals surface area contributed by atoms with E-state index in [0.717, 1.165) is 34.3 Å². The molecule has 2 aromatic carbocycles. The summed E-state index contributed by atoms with van der Waals surface area (Å²) >= 11 is 1.41. The van der Waals surface area contributed by atoms with Crippen LogP contribution in [0.1, 0.15) is 19.4 Å². The van der Waals surface area contributed by atoms with Gasteiger partial charge in [-0.3, -0.25) is 4.79 Å². The zero-order valence-electron chi connectivity index (χ0n) is 15.8. The van der Waals surface area contributed by atoms with Crippen molar-refractivity contribution in [1.82, 2.24) is 14.8 Å². The van der Waals surface area contributed by atoms with E-state index in [1.807, 2.05) is 61.5 Å². The second kappa shape index (κ2) is 8.86. The smallest absolute Gasteiger partial charge is 0.234 e. The van der Waals surface area contributed by atoms with Crippen LogP contribution in [0, 0.1) is 12.8 Å². The van der Waals surface area contributed by atoms with Gasteiger partial charge in [0.15, 0.2) is 11.0 Å². The molecule has 0 saturated carbocycles. The fourth-order valence-corrected chi connectivity index (χ4v) is 3.44. The molecule has 0 aliphatic rings. The van der Waals surface area contributed by atoms with Gasteiger partial charge in [0.25, 0.3) is 0 Å². The Kier molecular flexibility index (Phi) is 6.29. The highest BCUT2D eigenvalue weighted by molar-refractivity contribution is 7.99. The number of anilines is 1. The SMILES string of the molecule is Cc1ccc(NC(=O)CSc2nnc(-c3ccccc3)n2CC(C)C)cc1. The van der Waals surface area contributed by atoms with Gasteiger partial charge >= 0.3 is 0 Å². The molecule has 5 nitrogen and oxygen atoms in total. The van der Waals surface area contributed by atoms with Gasteiger partial charge in [0.1, 0.15) is 0 Å². The van der Waals surface area contributed by atoms with Crippen LogP contribution in [0.2, 0.25) is 0 Å². The Labute approximate surface area is 164 Å². The van der Waals surface area contributed by atoms with Crippen molar-refractivity contribution in [2.24, 2.45) is 5.92 Å². The third kappa shape index (κ3) is 5.20. The number of aromatic nitrogens is 3. The van der Waals surface area contributed by atoms with Crippen LogP contribution < -0.4 is 5.32 Å². The summed E-state index contributed by atoms with van der Waals surface area (Å²) in [5.74, 6) is 1.53. The normalized spacial score (nSPS) is 11.0. The van der Waals surface area contributed by atoms with Crippen LogP contribution in [0.4, 0.5) is 5.69 Å². The summed E-state index contributed by atoms with van der Waals surface area (Å²) < 4.78 is 2.10. The van der Waals surface area contributed by atoms with Crippen LogP contribution in [0.5, 0.6) is 0 Å². The number of rotatable bonds is 7. The first-order chi connectivity index (χ1) is 13.0. The maximum atomic E-state index is 12.3. The Morgan fingerprint density at radius 2 is 1.78 bits per heavy atom. The summed E-state index contributed by atoms with van der Waals surface area (Å²) in [4.78, 5) is 12.3. The average Bonchev–Trinajstić information content (AvgIpc) is 3.04. The molecule has 6 heteroatoms. The number of carbonyl (C=O) groups is 1. The molecule has 140 valence electrons. The largest absolute Gasteiger partial charge is 0.325 e. The van der Waals surface area contributed by atoms with Gasteiger partial charge in [-0.15, -0.1) is 10.2 Å². The third-order valence-electron chi connectivity index (χ3n) is 3.96. The van der Waals surface area contributed by atoms with Crippen LogP contribution in [0.3, 0.4) is 0 Å². The lowest BCUT2D eigenvalue weighted by Gasteiger charge is -2.12. The van der Waals surface area contributed by atoms with Crippen LogP contribution >= 0.6 is 11.8 Å². The number of thioether (sulfide) groups is 1. The highest BCUT2D eigenvalue weighted by Gasteiger charge is 2.16. The van der Waals surface area contributed by atoms with E-state index in [1.165, 1.54) is 11.8 Å². The van der Waals surface area contributed by atoms with E-state index in [2.05, 4.69) is 33.9 Å². The van der Waals surface area contributed by atoms with Crippen LogP contribution in [-0.4, -0.2) is 26.4 Å². The van der Waals surface area contributed by atoms with Gasteiger partial charge < -0.3 is 9.88 Å².